The molecular weight excluding hydrogens is 280 g/mol. The highest BCUT2D eigenvalue weighted by Crippen LogP contribution is 2.25. The van der Waals surface area contributed by atoms with Crippen LogP contribution in [0, 0.1) is 0 Å². The maximum Gasteiger partial charge on any atom is 0.0738 e. The lowest BCUT2D eigenvalue weighted by molar-refractivity contribution is 0.944. The fourth-order valence-electron chi connectivity index (χ4n) is 2.81. The van der Waals surface area contributed by atoms with Gasteiger partial charge in [0.1, 0.15) is 0 Å². The van der Waals surface area contributed by atoms with Crippen molar-refractivity contribution in [3.8, 4) is 0 Å². The first kappa shape index (κ1) is 12.5. The van der Waals surface area contributed by atoms with E-state index in [4.69, 9.17) is 16.6 Å². The summed E-state index contributed by atoms with van der Waals surface area (Å²) in [6.07, 6.45) is 2.87. The van der Waals surface area contributed by atoms with E-state index < -0.39 is 0 Å². The Morgan fingerprint density at radius 1 is 1.00 bits per heavy atom. The molecule has 0 amide bonds. The SMILES string of the molecule is Clc1ccc2c(c1)C(c1cnc3ccccc3c1)=NCC2. The van der Waals surface area contributed by atoms with Crippen molar-refractivity contribution in [2.45, 2.75) is 6.42 Å². The van der Waals surface area contributed by atoms with Gasteiger partial charge in [-0.25, -0.2) is 0 Å². The molecule has 0 saturated carbocycles. The average Bonchev–Trinajstić information content (AvgIpc) is 2.54. The van der Waals surface area contributed by atoms with Crippen LogP contribution in [0.1, 0.15) is 16.7 Å². The predicted molar refractivity (Wildman–Crippen MR) is 87.4 cm³/mol. The van der Waals surface area contributed by atoms with Gasteiger partial charge in [-0.15, -0.1) is 0 Å². The van der Waals surface area contributed by atoms with Crippen molar-refractivity contribution in [2.24, 2.45) is 4.99 Å². The summed E-state index contributed by atoms with van der Waals surface area (Å²) in [7, 11) is 0. The van der Waals surface area contributed by atoms with E-state index in [1.807, 2.05) is 36.5 Å². The Balaban J connectivity index is 1.89. The molecule has 0 N–H and O–H groups in total. The molecule has 0 saturated heterocycles. The second-order valence-electron chi connectivity index (χ2n) is 5.20. The zero-order valence-corrected chi connectivity index (χ0v) is 12.1. The smallest absolute Gasteiger partial charge is 0.0738 e. The minimum atomic E-state index is 0.747. The zero-order chi connectivity index (χ0) is 14.2. The van der Waals surface area contributed by atoms with Gasteiger partial charge in [-0.05, 0) is 36.2 Å². The van der Waals surface area contributed by atoms with Gasteiger partial charge >= 0.3 is 0 Å². The third-order valence-corrected chi connectivity index (χ3v) is 4.08. The van der Waals surface area contributed by atoms with Gasteiger partial charge in [0, 0.05) is 34.3 Å². The molecule has 102 valence electrons. The van der Waals surface area contributed by atoms with Gasteiger partial charge in [-0.3, -0.25) is 9.98 Å². The Labute approximate surface area is 128 Å². The van der Waals surface area contributed by atoms with Gasteiger partial charge in [-0.2, -0.15) is 0 Å². The van der Waals surface area contributed by atoms with E-state index in [1.165, 1.54) is 5.56 Å². The Morgan fingerprint density at radius 2 is 1.90 bits per heavy atom. The quantitative estimate of drug-likeness (QED) is 0.657. The number of nitrogens with zero attached hydrogens (tertiary/aromatic N) is 2. The maximum absolute atomic E-state index is 6.15. The molecule has 2 heterocycles. The Hall–Kier alpha value is -2.19. The molecule has 3 aromatic rings. The molecule has 2 aromatic carbocycles. The number of rotatable bonds is 1. The van der Waals surface area contributed by atoms with E-state index in [0.29, 0.717) is 0 Å². The van der Waals surface area contributed by atoms with E-state index in [2.05, 4.69) is 23.2 Å². The lowest BCUT2D eigenvalue weighted by atomic mass is 9.93. The number of benzene rings is 2. The topological polar surface area (TPSA) is 25.2 Å². The van der Waals surface area contributed by atoms with Crippen molar-refractivity contribution in [1.29, 1.82) is 0 Å². The number of halogens is 1. The first-order valence-corrected chi connectivity index (χ1v) is 7.37. The van der Waals surface area contributed by atoms with Crippen molar-refractivity contribution in [3.63, 3.8) is 0 Å². The summed E-state index contributed by atoms with van der Waals surface area (Å²) in [5.74, 6) is 0. The van der Waals surface area contributed by atoms with E-state index in [-0.39, 0.29) is 0 Å². The van der Waals surface area contributed by atoms with Crippen LogP contribution in [0.2, 0.25) is 5.02 Å². The summed E-state index contributed by atoms with van der Waals surface area (Å²) >= 11 is 6.15. The normalized spacial score (nSPS) is 13.9. The molecule has 21 heavy (non-hydrogen) atoms. The number of fused-ring (bicyclic) bond motifs is 2. The molecule has 2 nitrogen and oxygen atoms in total. The largest absolute Gasteiger partial charge is 0.284 e. The Bertz CT molecular complexity index is 868. The van der Waals surface area contributed by atoms with E-state index in [1.54, 1.807) is 0 Å². The van der Waals surface area contributed by atoms with Gasteiger partial charge in [0.05, 0.1) is 11.2 Å². The van der Waals surface area contributed by atoms with Crippen molar-refractivity contribution in [2.75, 3.05) is 6.54 Å². The van der Waals surface area contributed by atoms with Crippen LogP contribution in [0.5, 0.6) is 0 Å². The summed E-state index contributed by atoms with van der Waals surface area (Å²) in [5.41, 5.74) is 5.49. The molecule has 0 atom stereocenters. The molecule has 0 unspecified atom stereocenters. The zero-order valence-electron chi connectivity index (χ0n) is 11.4. The van der Waals surface area contributed by atoms with Crippen molar-refractivity contribution in [1.82, 2.24) is 4.98 Å². The van der Waals surface area contributed by atoms with Crippen molar-refractivity contribution >= 4 is 28.2 Å². The molecule has 1 aliphatic rings. The van der Waals surface area contributed by atoms with Crippen molar-refractivity contribution in [3.05, 3.63) is 76.4 Å². The fraction of sp³-hybridized carbons (Fsp3) is 0.111. The van der Waals surface area contributed by atoms with Crippen LogP contribution in [0.4, 0.5) is 0 Å². The molecule has 1 aromatic heterocycles. The number of para-hydroxylation sites is 1. The standard InChI is InChI=1S/C18H13ClN2/c19-15-6-5-12-7-8-20-18(16(12)10-15)14-9-13-3-1-2-4-17(13)21-11-14/h1-6,9-11H,7-8H2. The lowest BCUT2D eigenvalue weighted by Crippen LogP contribution is -2.14. The van der Waals surface area contributed by atoms with Crippen LogP contribution in [0.25, 0.3) is 10.9 Å². The molecule has 0 bridgehead atoms. The van der Waals surface area contributed by atoms with Crippen LogP contribution in [-0.2, 0) is 6.42 Å². The molecular formula is C18H13ClN2. The molecule has 4 rings (SSSR count). The van der Waals surface area contributed by atoms with Crippen molar-refractivity contribution < 1.29 is 0 Å². The highest BCUT2D eigenvalue weighted by Gasteiger charge is 2.16. The minimum Gasteiger partial charge on any atom is -0.284 e. The van der Waals surface area contributed by atoms with Crippen LogP contribution in [0.3, 0.4) is 0 Å². The second kappa shape index (κ2) is 4.97. The molecule has 1 aliphatic heterocycles. The molecule has 0 radical (unpaired) electrons. The summed E-state index contributed by atoms with van der Waals surface area (Å²) in [5, 5.41) is 1.88. The number of aromatic nitrogens is 1. The molecule has 3 heteroatoms. The van der Waals surface area contributed by atoms with E-state index in [0.717, 1.165) is 45.7 Å². The number of pyridine rings is 1. The molecule has 0 fully saturated rings. The average molecular weight is 293 g/mol. The molecule has 0 spiro atoms. The molecule has 0 aliphatic carbocycles. The van der Waals surface area contributed by atoms with Gasteiger partial charge in [-0.1, -0.05) is 35.9 Å². The fourth-order valence-corrected chi connectivity index (χ4v) is 2.98. The van der Waals surface area contributed by atoms with Crippen LogP contribution in [-0.4, -0.2) is 17.2 Å². The van der Waals surface area contributed by atoms with Crippen LogP contribution >= 0.6 is 11.6 Å². The van der Waals surface area contributed by atoms with Gasteiger partial charge in [0.25, 0.3) is 0 Å². The minimum absolute atomic E-state index is 0.747. The Kier molecular flexibility index (Phi) is 2.97. The Morgan fingerprint density at radius 3 is 2.86 bits per heavy atom. The second-order valence-corrected chi connectivity index (χ2v) is 5.63. The highest BCUT2D eigenvalue weighted by molar-refractivity contribution is 6.31. The lowest BCUT2D eigenvalue weighted by Gasteiger charge is -2.17. The predicted octanol–water partition coefficient (Wildman–Crippen LogP) is 4.28. The summed E-state index contributed by atoms with van der Waals surface area (Å²) in [6, 6.07) is 16.3. The number of hydrogen-bond acceptors (Lipinski definition) is 2. The number of hydrogen-bond donors (Lipinski definition) is 0. The van der Waals surface area contributed by atoms with Gasteiger partial charge in [0.15, 0.2) is 0 Å². The summed E-state index contributed by atoms with van der Waals surface area (Å²) in [6.45, 7) is 0.816. The maximum atomic E-state index is 6.15. The van der Waals surface area contributed by atoms with Gasteiger partial charge < -0.3 is 0 Å². The first-order chi connectivity index (χ1) is 10.3. The summed E-state index contributed by atoms with van der Waals surface area (Å²) in [4.78, 5) is 9.24. The van der Waals surface area contributed by atoms with Crippen LogP contribution in [0.15, 0.2) is 59.7 Å². The monoisotopic (exact) mass is 292 g/mol. The number of aliphatic imine (C=N–C) groups is 1. The van der Waals surface area contributed by atoms with E-state index in [9.17, 15) is 0 Å². The highest BCUT2D eigenvalue weighted by atomic mass is 35.5. The van der Waals surface area contributed by atoms with Gasteiger partial charge in [0.2, 0.25) is 0 Å². The first-order valence-electron chi connectivity index (χ1n) is 7.00. The third-order valence-electron chi connectivity index (χ3n) is 3.84. The summed E-state index contributed by atoms with van der Waals surface area (Å²) < 4.78 is 0. The van der Waals surface area contributed by atoms with Crippen LogP contribution < -0.4 is 0 Å². The third kappa shape index (κ3) is 2.22. The van der Waals surface area contributed by atoms with E-state index >= 15 is 0 Å².